The third kappa shape index (κ3) is 4.06. The zero-order valence-electron chi connectivity index (χ0n) is 13.9. The fourth-order valence-corrected chi connectivity index (χ4v) is 3.48. The van der Waals surface area contributed by atoms with E-state index in [0.29, 0.717) is 23.4 Å². The summed E-state index contributed by atoms with van der Waals surface area (Å²) in [7, 11) is 0. The SMILES string of the molecule is O=C(NC1CC1)c1csc(-c2cccc(OCc3ccccc3Cl)c2)n1. The Morgan fingerprint density at radius 2 is 2.08 bits per heavy atom. The highest BCUT2D eigenvalue weighted by Crippen LogP contribution is 2.28. The number of hydrogen-bond donors (Lipinski definition) is 1. The van der Waals surface area contributed by atoms with Crippen LogP contribution in [0.5, 0.6) is 5.75 Å². The first-order chi connectivity index (χ1) is 12.7. The molecular formula is C20H17ClN2O2S. The van der Waals surface area contributed by atoms with E-state index in [1.54, 1.807) is 5.38 Å². The molecule has 1 saturated carbocycles. The van der Waals surface area contributed by atoms with Crippen molar-refractivity contribution in [1.82, 2.24) is 10.3 Å². The monoisotopic (exact) mass is 384 g/mol. The molecule has 1 heterocycles. The van der Waals surface area contributed by atoms with Crippen molar-refractivity contribution in [2.45, 2.75) is 25.5 Å². The molecule has 0 atom stereocenters. The predicted octanol–water partition coefficient (Wildman–Crippen LogP) is 4.93. The van der Waals surface area contributed by atoms with Crippen molar-refractivity contribution >= 4 is 28.8 Å². The van der Waals surface area contributed by atoms with E-state index in [4.69, 9.17) is 16.3 Å². The maximum Gasteiger partial charge on any atom is 0.270 e. The molecule has 1 aliphatic rings. The van der Waals surface area contributed by atoms with Crippen LogP contribution in [-0.4, -0.2) is 16.9 Å². The summed E-state index contributed by atoms with van der Waals surface area (Å²) in [6.07, 6.45) is 2.13. The molecule has 2 aromatic carbocycles. The van der Waals surface area contributed by atoms with Gasteiger partial charge in [-0.3, -0.25) is 4.79 Å². The molecule has 4 nitrogen and oxygen atoms in total. The molecule has 0 aliphatic heterocycles. The fourth-order valence-electron chi connectivity index (χ4n) is 2.49. The quantitative estimate of drug-likeness (QED) is 0.655. The van der Waals surface area contributed by atoms with Gasteiger partial charge in [-0.05, 0) is 31.0 Å². The minimum atomic E-state index is -0.0962. The molecule has 0 bridgehead atoms. The van der Waals surface area contributed by atoms with Crippen LogP contribution in [0.2, 0.25) is 5.02 Å². The Bertz CT molecular complexity index is 937. The molecule has 1 fully saturated rings. The van der Waals surface area contributed by atoms with Crippen LogP contribution in [0.3, 0.4) is 0 Å². The minimum Gasteiger partial charge on any atom is -0.489 e. The number of thiazole rings is 1. The minimum absolute atomic E-state index is 0.0962. The lowest BCUT2D eigenvalue weighted by molar-refractivity contribution is 0.0947. The van der Waals surface area contributed by atoms with Gasteiger partial charge in [0.1, 0.15) is 23.1 Å². The number of benzene rings is 2. The highest BCUT2D eigenvalue weighted by Gasteiger charge is 2.24. The summed E-state index contributed by atoms with van der Waals surface area (Å²) >= 11 is 7.62. The number of carbonyl (C=O) groups is 1. The molecule has 0 unspecified atom stereocenters. The normalized spacial score (nSPS) is 13.4. The first kappa shape index (κ1) is 17.1. The molecule has 1 aromatic heterocycles. The second kappa shape index (κ2) is 7.48. The lowest BCUT2D eigenvalue weighted by atomic mass is 10.2. The van der Waals surface area contributed by atoms with Gasteiger partial charge >= 0.3 is 0 Å². The van der Waals surface area contributed by atoms with Crippen LogP contribution >= 0.6 is 22.9 Å². The Morgan fingerprint density at radius 3 is 2.88 bits per heavy atom. The molecule has 6 heteroatoms. The fraction of sp³-hybridized carbons (Fsp3) is 0.200. The summed E-state index contributed by atoms with van der Waals surface area (Å²) < 4.78 is 5.86. The Labute approximate surface area is 160 Å². The lowest BCUT2D eigenvalue weighted by Gasteiger charge is -2.08. The summed E-state index contributed by atoms with van der Waals surface area (Å²) in [5, 5.41) is 6.24. The van der Waals surface area contributed by atoms with Crippen molar-refractivity contribution in [2.75, 3.05) is 0 Å². The van der Waals surface area contributed by atoms with Crippen LogP contribution in [0.25, 0.3) is 10.6 Å². The molecule has 4 rings (SSSR count). The van der Waals surface area contributed by atoms with Crippen LogP contribution < -0.4 is 10.1 Å². The molecule has 132 valence electrons. The number of nitrogens with zero attached hydrogens (tertiary/aromatic N) is 1. The van der Waals surface area contributed by atoms with Gasteiger partial charge in [-0.1, -0.05) is 41.9 Å². The van der Waals surface area contributed by atoms with Crippen molar-refractivity contribution in [3.63, 3.8) is 0 Å². The molecule has 0 saturated heterocycles. The first-order valence-electron chi connectivity index (χ1n) is 8.42. The highest BCUT2D eigenvalue weighted by molar-refractivity contribution is 7.13. The zero-order valence-corrected chi connectivity index (χ0v) is 15.5. The standard InChI is InChI=1S/C20H17ClN2O2S/c21-17-7-2-1-4-14(17)11-25-16-6-3-5-13(10-16)20-23-18(12-26-20)19(24)22-15-8-9-15/h1-7,10,12,15H,8-9,11H2,(H,22,24). The highest BCUT2D eigenvalue weighted by atomic mass is 35.5. The third-order valence-corrected chi connectivity index (χ3v) is 5.34. The number of nitrogens with one attached hydrogen (secondary N) is 1. The van der Waals surface area contributed by atoms with Gasteiger partial charge in [0.2, 0.25) is 0 Å². The van der Waals surface area contributed by atoms with Gasteiger partial charge in [0.25, 0.3) is 5.91 Å². The molecule has 3 aromatic rings. The molecule has 0 spiro atoms. The third-order valence-electron chi connectivity index (χ3n) is 4.08. The zero-order chi connectivity index (χ0) is 17.9. The lowest BCUT2D eigenvalue weighted by Crippen LogP contribution is -2.25. The van der Waals surface area contributed by atoms with E-state index in [-0.39, 0.29) is 5.91 Å². The average molecular weight is 385 g/mol. The molecular weight excluding hydrogens is 368 g/mol. The van der Waals surface area contributed by atoms with Crippen molar-refractivity contribution in [3.8, 4) is 16.3 Å². The van der Waals surface area contributed by atoms with Gasteiger partial charge in [-0.2, -0.15) is 0 Å². The van der Waals surface area contributed by atoms with Crippen molar-refractivity contribution in [1.29, 1.82) is 0 Å². The molecule has 26 heavy (non-hydrogen) atoms. The van der Waals surface area contributed by atoms with Crippen molar-refractivity contribution in [3.05, 3.63) is 70.2 Å². The van der Waals surface area contributed by atoms with Crippen molar-refractivity contribution < 1.29 is 9.53 Å². The van der Waals surface area contributed by atoms with Crippen LogP contribution in [0.15, 0.2) is 53.9 Å². The van der Waals surface area contributed by atoms with Crippen LogP contribution in [-0.2, 0) is 6.61 Å². The second-order valence-electron chi connectivity index (χ2n) is 6.19. The summed E-state index contributed by atoms with van der Waals surface area (Å²) in [5.74, 6) is 0.641. The molecule has 1 amide bonds. The summed E-state index contributed by atoms with van der Waals surface area (Å²) in [5.41, 5.74) is 2.34. The van der Waals surface area contributed by atoms with E-state index in [0.717, 1.165) is 34.7 Å². The van der Waals surface area contributed by atoms with Gasteiger partial charge in [-0.15, -0.1) is 11.3 Å². The van der Waals surface area contributed by atoms with Gasteiger partial charge in [0.15, 0.2) is 0 Å². The van der Waals surface area contributed by atoms with E-state index in [1.165, 1.54) is 11.3 Å². The number of carbonyl (C=O) groups excluding carboxylic acids is 1. The van der Waals surface area contributed by atoms with Crippen LogP contribution in [0.1, 0.15) is 28.9 Å². The average Bonchev–Trinajstić information content (AvgIpc) is 3.33. The Kier molecular flexibility index (Phi) is 4.91. The molecule has 0 radical (unpaired) electrons. The van der Waals surface area contributed by atoms with Crippen LogP contribution in [0.4, 0.5) is 0 Å². The number of ether oxygens (including phenoxy) is 1. The number of amides is 1. The molecule has 1 aliphatic carbocycles. The number of halogens is 1. The number of hydrogen-bond acceptors (Lipinski definition) is 4. The van der Waals surface area contributed by atoms with Gasteiger partial charge in [0, 0.05) is 27.6 Å². The van der Waals surface area contributed by atoms with E-state index in [1.807, 2.05) is 48.5 Å². The van der Waals surface area contributed by atoms with Gasteiger partial charge in [0.05, 0.1) is 0 Å². The largest absolute Gasteiger partial charge is 0.489 e. The number of rotatable bonds is 6. The number of aromatic nitrogens is 1. The summed E-state index contributed by atoms with van der Waals surface area (Å²) in [6, 6.07) is 15.7. The maximum atomic E-state index is 12.1. The predicted molar refractivity (Wildman–Crippen MR) is 104 cm³/mol. The van der Waals surface area contributed by atoms with Crippen molar-refractivity contribution in [2.24, 2.45) is 0 Å². The Balaban J connectivity index is 1.46. The van der Waals surface area contributed by atoms with E-state index < -0.39 is 0 Å². The molecule has 1 N–H and O–H groups in total. The van der Waals surface area contributed by atoms with E-state index in [2.05, 4.69) is 10.3 Å². The second-order valence-corrected chi connectivity index (χ2v) is 7.46. The van der Waals surface area contributed by atoms with Crippen LogP contribution in [0, 0.1) is 0 Å². The Hall–Kier alpha value is -2.37. The van der Waals surface area contributed by atoms with E-state index >= 15 is 0 Å². The smallest absolute Gasteiger partial charge is 0.270 e. The van der Waals surface area contributed by atoms with Gasteiger partial charge in [-0.25, -0.2) is 4.98 Å². The van der Waals surface area contributed by atoms with Gasteiger partial charge < -0.3 is 10.1 Å². The first-order valence-corrected chi connectivity index (χ1v) is 9.68. The summed E-state index contributed by atoms with van der Waals surface area (Å²) in [4.78, 5) is 16.6. The topological polar surface area (TPSA) is 51.2 Å². The van der Waals surface area contributed by atoms with E-state index in [9.17, 15) is 4.79 Å². The summed E-state index contributed by atoms with van der Waals surface area (Å²) in [6.45, 7) is 0.399. The maximum absolute atomic E-state index is 12.1. The Morgan fingerprint density at radius 1 is 1.23 bits per heavy atom.